The normalized spacial score (nSPS) is 14.4. The van der Waals surface area contributed by atoms with Gasteiger partial charge >= 0.3 is 0 Å². The monoisotopic (exact) mass is 256 g/mol. The Morgan fingerprint density at radius 1 is 1.00 bits per heavy atom. The molecule has 0 aromatic heterocycles. The molecular formula is C15H32OSi. The second-order valence-electron chi connectivity index (χ2n) is 5.78. The van der Waals surface area contributed by atoms with Crippen molar-refractivity contribution in [1.82, 2.24) is 0 Å². The molecule has 2 heteroatoms. The number of unbranched alkanes of at least 4 members (excludes halogenated alkanes) is 3. The van der Waals surface area contributed by atoms with Gasteiger partial charge in [-0.2, -0.15) is 0 Å². The fourth-order valence-corrected chi connectivity index (χ4v) is 3.23. The van der Waals surface area contributed by atoms with Crippen LogP contribution in [0.15, 0.2) is 12.2 Å². The van der Waals surface area contributed by atoms with Gasteiger partial charge in [0.15, 0.2) is 8.32 Å². The molecule has 0 amide bonds. The Bertz CT molecular complexity index is 194. The van der Waals surface area contributed by atoms with Crippen LogP contribution in [0.5, 0.6) is 0 Å². The highest BCUT2D eigenvalue weighted by molar-refractivity contribution is 6.69. The first-order valence-corrected chi connectivity index (χ1v) is 10.7. The molecule has 0 heterocycles. The molecule has 102 valence electrons. The van der Waals surface area contributed by atoms with Crippen LogP contribution in [0.4, 0.5) is 0 Å². The van der Waals surface area contributed by atoms with Crippen molar-refractivity contribution < 1.29 is 4.43 Å². The zero-order chi connectivity index (χ0) is 13.1. The summed E-state index contributed by atoms with van der Waals surface area (Å²) in [6.45, 7) is 11.3. The van der Waals surface area contributed by atoms with Gasteiger partial charge in [-0.15, -0.1) is 0 Å². The van der Waals surface area contributed by atoms with Gasteiger partial charge in [-0.3, -0.25) is 0 Å². The van der Waals surface area contributed by atoms with E-state index in [0.717, 1.165) is 0 Å². The first-order chi connectivity index (χ1) is 7.99. The van der Waals surface area contributed by atoms with Crippen LogP contribution in [0, 0.1) is 0 Å². The van der Waals surface area contributed by atoms with E-state index in [9.17, 15) is 0 Å². The number of hydrogen-bond acceptors (Lipinski definition) is 1. The van der Waals surface area contributed by atoms with E-state index in [0.29, 0.717) is 6.10 Å². The molecule has 0 saturated heterocycles. The van der Waals surface area contributed by atoms with E-state index >= 15 is 0 Å². The maximum absolute atomic E-state index is 6.16. The number of rotatable bonds is 10. The SMILES string of the molecule is CCC=CCCCCCC(CC)O[Si](C)(C)C. The predicted octanol–water partition coefficient (Wildman–Crippen LogP) is 5.53. The molecule has 0 N–H and O–H groups in total. The fourth-order valence-electron chi connectivity index (χ4n) is 1.94. The molecule has 1 nitrogen and oxygen atoms in total. The minimum Gasteiger partial charge on any atom is -0.415 e. The van der Waals surface area contributed by atoms with Gasteiger partial charge in [-0.25, -0.2) is 0 Å². The minimum absolute atomic E-state index is 0.507. The Kier molecular flexibility index (Phi) is 9.85. The molecule has 0 rings (SSSR count). The lowest BCUT2D eigenvalue weighted by Gasteiger charge is -2.25. The molecule has 0 saturated carbocycles. The summed E-state index contributed by atoms with van der Waals surface area (Å²) in [4.78, 5) is 0. The van der Waals surface area contributed by atoms with Crippen molar-refractivity contribution in [3.05, 3.63) is 12.2 Å². The third-order valence-electron chi connectivity index (χ3n) is 2.77. The summed E-state index contributed by atoms with van der Waals surface area (Å²) in [5.74, 6) is 0. The average Bonchev–Trinajstić information content (AvgIpc) is 2.24. The Balaban J connectivity index is 3.53. The zero-order valence-electron chi connectivity index (χ0n) is 12.6. The van der Waals surface area contributed by atoms with Crippen LogP contribution in [0.3, 0.4) is 0 Å². The Labute approximate surface area is 110 Å². The Morgan fingerprint density at radius 3 is 2.24 bits per heavy atom. The number of allylic oxidation sites excluding steroid dienone is 2. The Hall–Kier alpha value is -0.0831. The van der Waals surface area contributed by atoms with Crippen LogP contribution in [-0.4, -0.2) is 14.4 Å². The maximum atomic E-state index is 6.16. The zero-order valence-corrected chi connectivity index (χ0v) is 13.6. The largest absolute Gasteiger partial charge is 0.415 e. The van der Waals surface area contributed by atoms with E-state index in [4.69, 9.17) is 4.43 Å². The van der Waals surface area contributed by atoms with Crippen molar-refractivity contribution in [2.45, 2.75) is 84.5 Å². The van der Waals surface area contributed by atoms with Crippen molar-refractivity contribution >= 4 is 8.32 Å². The third-order valence-corrected chi connectivity index (χ3v) is 3.82. The van der Waals surface area contributed by atoms with Crippen molar-refractivity contribution in [3.8, 4) is 0 Å². The van der Waals surface area contributed by atoms with E-state index in [1.54, 1.807) is 0 Å². The van der Waals surface area contributed by atoms with Gasteiger partial charge in [-0.05, 0) is 51.7 Å². The predicted molar refractivity (Wildman–Crippen MR) is 81.0 cm³/mol. The lowest BCUT2D eigenvalue weighted by atomic mass is 10.1. The molecule has 0 aromatic carbocycles. The van der Waals surface area contributed by atoms with Crippen LogP contribution in [0.1, 0.15) is 58.8 Å². The lowest BCUT2D eigenvalue weighted by molar-refractivity contribution is 0.175. The molecule has 0 aliphatic heterocycles. The third kappa shape index (κ3) is 12.2. The summed E-state index contributed by atoms with van der Waals surface area (Å²) in [6, 6.07) is 0. The van der Waals surface area contributed by atoms with Crippen molar-refractivity contribution in [1.29, 1.82) is 0 Å². The first-order valence-electron chi connectivity index (χ1n) is 7.32. The molecule has 0 bridgehead atoms. The van der Waals surface area contributed by atoms with Crippen molar-refractivity contribution in [2.75, 3.05) is 0 Å². The quantitative estimate of drug-likeness (QED) is 0.283. The van der Waals surface area contributed by atoms with Gasteiger partial charge in [0.05, 0.1) is 0 Å². The first kappa shape index (κ1) is 16.9. The standard InChI is InChI=1S/C15H32OSi/c1-6-8-9-10-11-12-13-14-15(7-2)16-17(3,4)5/h8-9,15H,6-7,10-14H2,1-5H3. The van der Waals surface area contributed by atoms with Crippen molar-refractivity contribution in [2.24, 2.45) is 0 Å². The van der Waals surface area contributed by atoms with Crippen LogP contribution < -0.4 is 0 Å². The second-order valence-corrected chi connectivity index (χ2v) is 10.2. The highest BCUT2D eigenvalue weighted by Crippen LogP contribution is 2.16. The minimum atomic E-state index is -1.34. The maximum Gasteiger partial charge on any atom is 0.184 e. The van der Waals surface area contributed by atoms with Gasteiger partial charge in [-0.1, -0.05) is 38.8 Å². The molecule has 0 radical (unpaired) electrons. The van der Waals surface area contributed by atoms with Crippen LogP contribution >= 0.6 is 0 Å². The van der Waals surface area contributed by atoms with E-state index in [1.165, 1.54) is 44.9 Å². The molecule has 0 spiro atoms. The van der Waals surface area contributed by atoms with Gasteiger partial charge in [0.25, 0.3) is 0 Å². The van der Waals surface area contributed by atoms with E-state index in [-0.39, 0.29) is 0 Å². The topological polar surface area (TPSA) is 9.23 Å². The molecule has 0 aromatic rings. The van der Waals surface area contributed by atoms with Crippen LogP contribution in [0.2, 0.25) is 19.6 Å². The lowest BCUT2D eigenvalue weighted by Crippen LogP contribution is -2.31. The highest BCUT2D eigenvalue weighted by atomic mass is 28.4. The molecule has 0 fully saturated rings. The molecule has 0 aliphatic carbocycles. The van der Waals surface area contributed by atoms with E-state index in [2.05, 4.69) is 45.6 Å². The van der Waals surface area contributed by atoms with E-state index < -0.39 is 8.32 Å². The molecule has 1 atom stereocenters. The summed E-state index contributed by atoms with van der Waals surface area (Å²) in [6.07, 6.45) is 13.9. The van der Waals surface area contributed by atoms with Crippen molar-refractivity contribution in [3.63, 3.8) is 0 Å². The van der Waals surface area contributed by atoms with Gasteiger partial charge < -0.3 is 4.43 Å². The summed E-state index contributed by atoms with van der Waals surface area (Å²) >= 11 is 0. The summed E-state index contributed by atoms with van der Waals surface area (Å²) in [7, 11) is -1.34. The average molecular weight is 257 g/mol. The highest BCUT2D eigenvalue weighted by Gasteiger charge is 2.19. The Morgan fingerprint density at radius 2 is 1.71 bits per heavy atom. The van der Waals surface area contributed by atoms with Gasteiger partial charge in [0.1, 0.15) is 0 Å². The van der Waals surface area contributed by atoms with Gasteiger partial charge in [0.2, 0.25) is 0 Å². The molecule has 17 heavy (non-hydrogen) atoms. The summed E-state index contributed by atoms with van der Waals surface area (Å²) in [5.41, 5.74) is 0. The van der Waals surface area contributed by atoms with Gasteiger partial charge in [0, 0.05) is 6.10 Å². The molecular weight excluding hydrogens is 224 g/mol. The summed E-state index contributed by atoms with van der Waals surface area (Å²) in [5, 5.41) is 0. The van der Waals surface area contributed by atoms with E-state index in [1.807, 2.05) is 0 Å². The van der Waals surface area contributed by atoms with Crippen LogP contribution in [0.25, 0.3) is 0 Å². The second kappa shape index (κ2) is 9.90. The number of hydrogen-bond donors (Lipinski definition) is 0. The summed E-state index contributed by atoms with van der Waals surface area (Å²) < 4.78 is 6.16. The van der Waals surface area contributed by atoms with Crippen LogP contribution in [-0.2, 0) is 4.43 Å². The smallest absolute Gasteiger partial charge is 0.184 e. The molecule has 0 aliphatic rings. The fraction of sp³-hybridized carbons (Fsp3) is 0.867. The molecule has 1 unspecified atom stereocenters.